The van der Waals surface area contributed by atoms with Crippen molar-refractivity contribution in [1.29, 1.82) is 0 Å². The maximum absolute atomic E-state index is 12.7. The molecule has 2 aliphatic rings. The van der Waals surface area contributed by atoms with Crippen molar-refractivity contribution < 1.29 is 9.59 Å². The van der Waals surface area contributed by atoms with Crippen LogP contribution in [0.4, 0.5) is 4.79 Å². The zero-order valence-electron chi connectivity index (χ0n) is 15.4. The molecule has 0 atom stereocenters. The number of aromatic nitrogens is 2. The standard InChI is InChI=1S/C22H20N4O2/c27-20-15-24(18-11-12-18)22(28)25(20)13-17-14-26(19-9-5-2-6-10-19)23-21(17)16-7-3-1-4-8-16/h1-10,14,18H,11-13,15H2. The Kier molecular flexibility index (Phi) is 3.97. The van der Waals surface area contributed by atoms with Crippen LogP contribution in [0.3, 0.4) is 0 Å². The fourth-order valence-corrected chi connectivity index (χ4v) is 3.64. The van der Waals surface area contributed by atoms with Crippen LogP contribution in [-0.2, 0) is 11.3 Å². The Morgan fingerprint density at radius 2 is 1.61 bits per heavy atom. The van der Waals surface area contributed by atoms with Gasteiger partial charge in [-0.25, -0.2) is 9.48 Å². The van der Waals surface area contributed by atoms with E-state index in [1.807, 2.05) is 66.9 Å². The summed E-state index contributed by atoms with van der Waals surface area (Å²) in [5, 5.41) is 4.76. The van der Waals surface area contributed by atoms with Gasteiger partial charge in [0.2, 0.25) is 0 Å². The van der Waals surface area contributed by atoms with Gasteiger partial charge in [-0.2, -0.15) is 5.10 Å². The number of amides is 3. The molecule has 0 bridgehead atoms. The van der Waals surface area contributed by atoms with Crippen LogP contribution in [0.5, 0.6) is 0 Å². The van der Waals surface area contributed by atoms with Gasteiger partial charge in [-0.15, -0.1) is 0 Å². The van der Waals surface area contributed by atoms with Crippen LogP contribution < -0.4 is 0 Å². The predicted octanol–water partition coefficient (Wildman–Crippen LogP) is 3.47. The number of urea groups is 1. The van der Waals surface area contributed by atoms with E-state index in [0.717, 1.165) is 35.3 Å². The average Bonchev–Trinajstić information content (AvgIpc) is 3.43. The normalized spacial score (nSPS) is 16.9. The van der Waals surface area contributed by atoms with Gasteiger partial charge in [0.05, 0.1) is 17.9 Å². The molecule has 28 heavy (non-hydrogen) atoms. The smallest absolute Gasteiger partial charge is 0.312 e. The first kappa shape index (κ1) is 16.7. The van der Waals surface area contributed by atoms with Gasteiger partial charge < -0.3 is 4.90 Å². The molecule has 2 fully saturated rings. The minimum absolute atomic E-state index is 0.136. The molecule has 3 aromatic rings. The van der Waals surface area contributed by atoms with E-state index in [4.69, 9.17) is 5.10 Å². The molecule has 6 nitrogen and oxygen atoms in total. The molecule has 3 amide bonds. The first-order valence-electron chi connectivity index (χ1n) is 9.51. The zero-order chi connectivity index (χ0) is 19.1. The fraction of sp³-hybridized carbons (Fsp3) is 0.227. The molecule has 2 aromatic carbocycles. The minimum atomic E-state index is -0.182. The van der Waals surface area contributed by atoms with Gasteiger partial charge in [0.25, 0.3) is 5.91 Å². The molecule has 1 aromatic heterocycles. The minimum Gasteiger partial charge on any atom is -0.312 e. The van der Waals surface area contributed by atoms with Gasteiger partial charge in [0.1, 0.15) is 6.54 Å². The number of imide groups is 1. The Labute approximate surface area is 163 Å². The molecule has 1 aliphatic carbocycles. The highest BCUT2D eigenvalue weighted by Gasteiger charge is 2.43. The fourth-order valence-electron chi connectivity index (χ4n) is 3.64. The molecule has 1 aliphatic heterocycles. The van der Waals surface area contributed by atoms with Gasteiger partial charge in [-0.1, -0.05) is 48.5 Å². The van der Waals surface area contributed by atoms with Crippen molar-refractivity contribution >= 4 is 11.9 Å². The predicted molar refractivity (Wildman–Crippen MR) is 105 cm³/mol. The molecule has 0 spiro atoms. The number of carbonyl (C=O) groups is 2. The van der Waals surface area contributed by atoms with Crippen LogP contribution in [0.15, 0.2) is 66.9 Å². The van der Waals surface area contributed by atoms with Gasteiger partial charge >= 0.3 is 6.03 Å². The average molecular weight is 372 g/mol. The van der Waals surface area contributed by atoms with Crippen LogP contribution in [0.1, 0.15) is 18.4 Å². The Bertz CT molecular complexity index is 1030. The Hall–Kier alpha value is -3.41. The third-order valence-corrected chi connectivity index (χ3v) is 5.26. The van der Waals surface area contributed by atoms with Crippen LogP contribution >= 0.6 is 0 Å². The second-order valence-electron chi connectivity index (χ2n) is 7.27. The third-order valence-electron chi connectivity index (χ3n) is 5.26. The largest absolute Gasteiger partial charge is 0.327 e. The molecule has 1 saturated heterocycles. The molecular weight excluding hydrogens is 352 g/mol. The maximum Gasteiger partial charge on any atom is 0.327 e. The van der Waals surface area contributed by atoms with Crippen molar-refractivity contribution in [3.05, 3.63) is 72.4 Å². The molecule has 140 valence electrons. The van der Waals surface area contributed by atoms with E-state index in [-0.39, 0.29) is 31.1 Å². The van der Waals surface area contributed by atoms with Gasteiger partial charge in [-0.3, -0.25) is 9.69 Å². The molecule has 2 heterocycles. The molecule has 0 N–H and O–H groups in total. The summed E-state index contributed by atoms with van der Waals surface area (Å²) in [6, 6.07) is 19.7. The lowest BCUT2D eigenvalue weighted by molar-refractivity contribution is -0.125. The van der Waals surface area contributed by atoms with Gasteiger partial charge in [0, 0.05) is 23.4 Å². The summed E-state index contributed by atoms with van der Waals surface area (Å²) >= 11 is 0. The van der Waals surface area contributed by atoms with Gasteiger partial charge in [-0.05, 0) is 25.0 Å². The first-order chi connectivity index (χ1) is 13.7. The number of benzene rings is 2. The van der Waals surface area contributed by atoms with Crippen molar-refractivity contribution in [3.8, 4) is 16.9 Å². The third kappa shape index (κ3) is 2.97. The SMILES string of the molecule is O=C1CN(C2CC2)C(=O)N1Cc1cn(-c2ccccc2)nc1-c1ccccc1. The van der Waals surface area contributed by atoms with Crippen LogP contribution in [0.2, 0.25) is 0 Å². The van der Waals surface area contributed by atoms with E-state index in [9.17, 15) is 9.59 Å². The van der Waals surface area contributed by atoms with Crippen molar-refractivity contribution in [3.63, 3.8) is 0 Å². The van der Waals surface area contributed by atoms with E-state index in [0.29, 0.717) is 0 Å². The lowest BCUT2D eigenvalue weighted by Crippen LogP contribution is -2.33. The van der Waals surface area contributed by atoms with Crippen LogP contribution in [0, 0.1) is 0 Å². The summed E-state index contributed by atoms with van der Waals surface area (Å²) in [5.74, 6) is -0.136. The highest BCUT2D eigenvalue weighted by atomic mass is 16.2. The van der Waals surface area contributed by atoms with Gasteiger partial charge in [0.15, 0.2) is 0 Å². The van der Waals surface area contributed by atoms with E-state index >= 15 is 0 Å². The van der Waals surface area contributed by atoms with Crippen molar-refractivity contribution in [2.24, 2.45) is 0 Å². The lowest BCUT2D eigenvalue weighted by atomic mass is 10.1. The molecule has 0 radical (unpaired) electrons. The lowest BCUT2D eigenvalue weighted by Gasteiger charge is -2.16. The monoisotopic (exact) mass is 372 g/mol. The number of hydrogen-bond donors (Lipinski definition) is 0. The zero-order valence-corrected chi connectivity index (χ0v) is 15.4. The summed E-state index contributed by atoms with van der Waals surface area (Å²) in [4.78, 5) is 28.3. The molecule has 1 saturated carbocycles. The maximum atomic E-state index is 12.7. The quantitative estimate of drug-likeness (QED) is 0.645. The van der Waals surface area contributed by atoms with E-state index in [1.54, 1.807) is 9.58 Å². The second-order valence-corrected chi connectivity index (χ2v) is 7.27. The summed E-state index contributed by atoms with van der Waals surface area (Å²) in [7, 11) is 0. The molecule has 6 heteroatoms. The Morgan fingerprint density at radius 1 is 0.929 bits per heavy atom. The topological polar surface area (TPSA) is 58.4 Å². The van der Waals surface area contributed by atoms with E-state index < -0.39 is 0 Å². The number of rotatable bonds is 5. The summed E-state index contributed by atoms with van der Waals surface area (Å²) in [6.07, 6.45) is 3.90. The first-order valence-corrected chi connectivity index (χ1v) is 9.51. The number of para-hydroxylation sites is 1. The number of carbonyl (C=O) groups excluding carboxylic acids is 2. The van der Waals surface area contributed by atoms with Crippen molar-refractivity contribution in [2.45, 2.75) is 25.4 Å². The summed E-state index contributed by atoms with van der Waals surface area (Å²) in [5.41, 5.74) is 3.54. The number of hydrogen-bond acceptors (Lipinski definition) is 3. The van der Waals surface area contributed by atoms with E-state index in [2.05, 4.69) is 0 Å². The second kappa shape index (κ2) is 6.64. The summed E-state index contributed by atoms with van der Waals surface area (Å²) in [6.45, 7) is 0.426. The molecular formula is C22H20N4O2. The summed E-state index contributed by atoms with van der Waals surface area (Å²) < 4.78 is 1.81. The van der Waals surface area contributed by atoms with Crippen molar-refractivity contribution in [1.82, 2.24) is 19.6 Å². The molecule has 5 rings (SSSR count). The highest BCUT2D eigenvalue weighted by Crippen LogP contribution is 2.32. The Balaban J connectivity index is 1.52. The van der Waals surface area contributed by atoms with E-state index in [1.165, 1.54) is 4.90 Å². The van der Waals surface area contributed by atoms with Crippen LogP contribution in [-0.4, -0.2) is 44.1 Å². The van der Waals surface area contributed by atoms with Crippen LogP contribution in [0.25, 0.3) is 16.9 Å². The Morgan fingerprint density at radius 3 is 2.29 bits per heavy atom. The van der Waals surface area contributed by atoms with Crippen molar-refractivity contribution in [2.75, 3.05) is 6.54 Å². The highest BCUT2D eigenvalue weighted by molar-refractivity contribution is 6.02. The molecule has 0 unspecified atom stereocenters. The number of nitrogens with zero attached hydrogens (tertiary/aromatic N) is 4.